The fourth-order valence-electron chi connectivity index (χ4n) is 1.60. The normalized spacial score (nSPS) is 9.95. The van der Waals surface area contributed by atoms with E-state index in [2.05, 4.69) is 5.32 Å². The Hall–Kier alpha value is -2.08. The third-order valence-corrected chi connectivity index (χ3v) is 2.70. The number of hydrogen-bond acceptors (Lipinski definition) is 4. The van der Waals surface area contributed by atoms with Crippen molar-refractivity contribution in [2.75, 3.05) is 26.7 Å². The molecule has 0 aliphatic heterocycles. The second-order valence-electron chi connectivity index (χ2n) is 4.31. The molecule has 1 aromatic carbocycles. The predicted molar refractivity (Wildman–Crippen MR) is 76.1 cm³/mol. The van der Waals surface area contributed by atoms with Gasteiger partial charge in [-0.25, -0.2) is 0 Å². The first-order valence-corrected chi connectivity index (χ1v) is 6.49. The summed E-state index contributed by atoms with van der Waals surface area (Å²) in [5, 5.41) is 2.45. The molecule has 1 aromatic rings. The summed E-state index contributed by atoms with van der Waals surface area (Å²) in [5.74, 6) is 0.300. The molecule has 2 amide bonds. The van der Waals surface area contributed by atoms with Gasteiger partial charge in [-0.2, -0.15) is 0 Å². The van der Waals surface area contributed by atoms with E-state index in [1.165, 1.54) is 0 Å². The summed E-state index contributed by atoms with van der Waals surface area (Å²) in [6.45, 7) is 2.87. The molecule has 0 saturated carbocycles. The van der Waals surface area contributed by atoms with Gasteiger partial charge in [0.25, 0.3) is 0 Å². The molecule has 0 bridgehead atoms. The van der Waals surface area contributed by atoms with Gasteiger partial charge in [0.1, 0.15) is 5.75 Å². The quantitative estimate of drug-likeness (QED) is 0.742. The molecule has 0 fully saturated rings. The van der Waals surface area contributed by atoms with E-state index in [9.17, 15) is 9.59 Å². The number of carbonyl (C=O) groups excluding carboxylic acids is 2. The molecule has 0 saturated heterocycles. The first-order valence-electron chi connectivity index (χ1n) is 6.49. The van der Waals surface area contributed by atoms with Crippen molar-refractivity contribution < 1.29 is 14.3 Å². The minimum absolute atomic E-state index is 0.0381. The van der Waals surface area contributed by atoms with E-state index in [1.54, 1.807) is 11.9 Å². The van der Waals surface area contributed by atoms with Gasteiger partial charge in [-0.05, 0) is 24.6 Å². The highest BCUT2D eigenvalue weighted by Gasteiger charge is 2.10. The van der Waals surface area contributed by atoms with Gasteiger partial charge >= 0.3 is 0 Å². The van der Waals surface area contributed by atoms with Crippen molar-refractivity contribution in [1.29, 1.82) is 0 Å². The van der Waals surface area contributed by atoms with E-state index in [0.717, 1.165) is 11.3 Å². The number of carbonyl (C=O) groups is 2. The lowest BCUT2D eigenvalue weighted by Gasteiger charge is -2.17. The summed E-state index contributed by atoms with van der Waals surface area (Å²) in [6, 6.07) is 7.56. The molecule has 0 radical (unpaired) electrons. The third-order valence-electron chi connectivity index (χ3n) is 2.70. The van der Waals surface area contributed by atoms with Gasteiger partial charge in [-0.1, -0.05) is 12.1 Å². The molecule has 20 heavy (non-hydrogen) atoms. The van der Waals surface area contributed by atoms with E-state index in [0.29, 0.717) is 13.2 Å². The highest BCUT2D eigenvalue weighted by atomic mass is 16.5. The van der Waals surface area contributed by atoms with Gasteiger partial charge in [0.2, 0.25) is 11.8 Å². The second-order valence-corrected chi connectivity index (χ2v) is 4.31. The van der Waals surface area contributed by atoms with Crippen LogP contribution in [0.4, 0.5) is 0 Å². The number of likely N-dealkylation sites (N-methyl/N-ethyl adjacent to an activating group) is 1. The molecule has 6 heteroatoms. The van der Waals surface area contributed by atoms with Crippen LogP contribution in [0.2, 0.25) is 0 Å². The zero-order valence-corrected chi connectivity index (χ0v) is 11.9. The lowest BCUT2D eigenvalue weighted by atomic mass is 10.2. The summed E-state index contributed by atoms with van der Waals surface area (Å²) in [4.78, 5) is 24.3. The number of nitrogens with one attached hydrogen (secondary N) is 1. The van der Waals surface area contributed by atoms with Crippen molar-refractivity contribution in [3.8, 4) is 5.75 Å². The number of benzene rings is 1. The Balaban J connectivity index is 2.46. The van der Waals surface area contributed by atoms with Crippen LogP contribution in [-0.2, 0) is 16.1 Å². The fraction of sp³-hybridized carbons (Fsp3) is 0.429. The Morgan fingerprint density at radius 2 is 1.95 bits per heavy atom. The molecule has 0 aliphatic rings. The van der Waals surface area contributed by atoms with Crippen LogP contribution >= 0.6 is 0 Å². The summed E-state index contributed by atoms with van der Waals surface area (Å²) >= 11 is 0. The Bertz CT molecular complexity index is 445. The average molecular weight is 279 g/mol. The van der Waals surface area contributed by atoms with Crippen LogP contribution in [0.5, 0.6) is 5.75 Å². The van der Waals surface area contributed by atoms with Gasteiger partial charge in [-0.3, -0.25) is 9.59 Å². The molecule has 0 heterocycles. The number of amides is 2. The fourth-order valence-corrected chi connectivity index (χ4v) is 1.60. The SMILES string of the molecule is CCOc1ccc(CN(C)C(=O)CNC(=O)CN)cc1. The molecular formula is C14H21N3O3. The number of nitrogens with zero attached hydrogens (tertiary/aromatic N) is 1. The minimum atomic E-state index is -0.340. The maximum absolute atomic E-state index is 11.8. The third kappa shape index (κ3) is 5.27. The van der Waals surface area contributed by atoms with E-state index in [4.69, 9.17) is 10.5 Å². The number of nitrogens with two attached hydrogens (primary N) is 1. The molecule has 0 spiro atoms. The number of ether oxygens (including phenoxy) is 1. The Kier molecular flexibility index (Phi) is 6.52. The highest BCUT2D eigenvalue weighted by Crippen LogP contribution is 2.13. The topological polar surface area (TPSA) is 84.7 Å². The average Bonchev–Trinajstić information content (AvgIpc) is 2.46. The lowest BCUT2D eigenvalue weighted by molar-refractivity contribution is -0.131. The number of rotatable bonds is 7. The molecule has 0 atom stereocenters. The zero-order chi connectivity index (χ0) is 15.0. The first kappa shape index (κ1) is 16.0. The Labute approximate surface area is 118 Å². The molecule has 3 N–H and O–H groups in total. The van der Waals surface area contributed by atoms with Gasteiger partial charge in [0.05, 0.1) is 19.7 Å². The van der Waals surface area contributed by atoms with E-state index in [-0.39, 0.29) is 24.9 Å². The van der Waals surface area contributed by atoms with Crippen LogP contribution < -0.4 is 15.8 Å². The van der Waals surface area contributed by atoms with Crippen molar-refractivity contribution >= 4 is 11.8 Å². The van der Waals surface area contributed by atoms with Crippen LogP contribution in [0.3, 0.4) is 0 Å². The van der Waals surface area contributed by atoms with Gasteiger partial charge in [0.15, 0.2) is 0 Å². The first-order chi connectivity index (χ1) is 9.56. The summed E-state index contributed by atoms with van der Waals surface area (Å²) in [5.41, 5.74) is 6.14. The molecule has 110 valence electrons. The standard InChI is InChI=1S/C14H21N3O3/c1-3-20-12-6-4-11(5-7-12)10-17(2)14(19)9-16-13(18)8-15/h4-7H,3,8-10,15H2,1-2H3,(H,16,18). The molecule has 0 unspecified atom stereocenters. The van der Waals surface area contributed by atoms with Crippen molar-refractivity contribution in [3.63, 3.8) is 0 Å². The van der Waals surface area contributed by atoms with Crippen LogP contribution in [0.1, 0.15) is 12.5 Å². The van der Waals surface area contributed by atoms with Crippen LogP contribution in [0.25, 0.3) is 0 Å². The van der Waals surface area contributed by atoms with Crippen molar-refractivity contribution in [3.05, 3.63) is 29.8 Å². The van der Waals surface area contributed by atoms with Gasteiger partial charge in [0, 0.05) is 13.6 Å². The monoisotopic (exact) mass is 279 g/mol. The maximum atomic E-state index is 11.8. The second kappa shape index (κ2) is 8.16. The molecule has 6 nitrogen and oxygen atoms in total. The predicted octanol–water partition coefficient (Wildman–Crippen LogP) is 0.119. The van der Waals surface area contributed by atoms with Crippen molar-refractivity contribution in [1.82, 2.24) is 10.2 Å². The molecule has 1 rings (SSSR count). The summed E-state index contributed by atoms with van der Waals surface area (Å²) in [6.07, 6.45) is 0. The lowest BCUT2D eigenvalue weighted by Crippen LogP contribution is -2.40. The summed E-state index contributed by atoms with van der Waals surface area (Å²) < 4.78 is 5.35. The van der Waals surface area contributed by atoms with Crippen molar-refractivity contribution in [2.45, 2.75) is 13.5 Å². The molecule has 0 aliphatic carbocycles. The van der Waals surface area contributed by atoms with Gasteiger partial charge < -0.3 is 20.7 Å². The zero-order valence-electron chi connectivity index (χ0n) is 11.9. The summed E-state index contributed by atoms with van der Waals surface area (Å²) in [7, 11) is 1.69. The molecular weight excluding hydrogens is 258 g/mol. The van der Waals surface area contributed by atoms with Crippen LogP contribution in [0.15, 0.2) is 24.3 Å². The van der Waals surface area contributed by atoms with E-state index in [1.807, 2.05) is 31.2 Å². The van der Waals surface area contributed by atoms with E-state index >= 15 is 0 Å². The van der Waals surface area contributed by atoms with E-state index < -0.39 is 0 Å². The van der Waals surface area contributed by atoms with Crippen molar-refractivity contribution in [2.24, 2.45) is 5.73 Å². The Morgan fingerprint density at radius 3 is 2.50 bits per heavy atom. The minimum Gasteiger partial charge on any atom is -0.494 e. The van der Waals surface area contributed by atoms with Crippen LogP contribution in [-0.4, -0.2) is 43.5 Å². The highest BCUT2D eigenvalue weighted by molar-refractivity contribution is 5.85. The largest absolute Gasteiger partial charge is 0.494 e. The Morgan fingerprint density at radius 1 is 1.30 bits per heavy atom. The number of hydrogen-bond donors (Lipinski definition) is 2. The smallest absolute Gasteiger partial charge is 0.242 e. The van der Waals surface area contributed by atoms with Gasteiger partial charge in [-0.15, -0.1) is 0 Å². The molecule has 0 aromatic heterocycles. The maximum Gasteiger partial charge on any atom is 0.242 e. The van der Waals surface area contributed by atoms with Crippen LogP contribution in [0, 0.1) is 0 Å².